The molecule has 1 rings (SSSR count). The third-order valence-electron chi connectivity index (χ3n) is 2.38. The molecule has 1 N–H and O–H groups in total. The van der Waals surface area contributed by atoms with Gasteiger partial charge in [-0.05, 0) is 13.8 Å². The molecule has 70 valence electrons. The third kappa shape index (κ3) is 2.48. The molecule has 1 fully saturated rings. The van der Waals surface area contributed by atoms with Gasteiger partial charge >= 0.3 is 0 Å². The van der Waals surface area contributed by atoms with Crippen LogP contribution in [0.3, 0.4) is 0 Å². The number of hydrogen-bond donors (Lipinski definition) is 1. The van der Waals surface area contributed by atoms with Crippen molar-refractivity contribution in [3.05, 3.63) is 0 Å². The highest BCUT2D eigenvalue weighted by Gasteiger charge is 2.16. The van der Waals surface area contributed by atoms with E-state index in [1.54, 1.807) is 0 Å². The van der Waals surface area contributed by atoms with E-state index in [1.807, 2.05) is 7.05 Å². The first-order chi connectivity index (χ1) is 5.74. The Hall–Kier alpha value is -0.570. The third-order valence-corrected chi connectivity index (χ3v) is 2.38. The van der Waals surface area contributed by atoms with Crippen LogP contribution in [0.4, 0.5) is 0 Å². The maximum atomic E-state index is 4.22. The molecule has 3 nitrogen and oxygen atoms in total. The van der Waals surface area contributed by atoms with Crippen LogP contribution in [0.15, 0.2) is 5.10 Å². The number of nitrogens with one attached hydrogen (secondary N) is 1. The molecular weight excluding hydrogens is 150 g/mol. The molecule has 0 bridgehead atoms. The Morgan fingerprint density at radius 2 is 1.92 bits per heavy atom. The molecular formula is C9H19N3. The predicted octanol–water partition coefficient (Wildman–Crippen LogP) is 1.07. The van der Waals surface area contributed by atoms with Gasteiger partial charge in [0.05, 0.1) is 0 Å². The van der Waals surface area contributed by atoms with Gasteiger partial charge in [-0.2, -0.15) is 5.10 Å². The second kappa shape index (κ2) is 4.45. The number of likely N-dealkylation sites (tertiary alicyclic amines) is 1. The van der Waals surface area contributed by atoms with E-state index in [9.17, 15) is 0 Å². The lowest BCUT2D eigenvalue weighted by molar-refractivity contribution is 0.222. The topological polar surface area (TPSA) is 27.6 Å². The van der Waals surface area contributed by atoms with Crippen molar-refractivity contribution < 1.29 is 0 Å². The molecule has 0 atom stereocenters. The minimum atomic E-state index is 0.682. The van der Waals surface area contributed by atoms with Gasteiger partial charge in [-0.1, -0.05) is 0 Å². The van der Waals surface area contributed by atoms with E-state index in [1.165, 1.54) is 5.71 Å². The minimum absolute atomic E-state index is 0.682. The summed E-state index contributed by atoms with van der Waals surface area (Å²) in [5.74, 6) is 0. The minimum Gasteiger partial charge on any atom is -0.313 e. The summed E-state index contributed by atoms with van der Waals surface area (Å²) in [7, 11) is 1.86. The van der Waals surface area contributed by atoms with Crippen LogP contribution in [0, 0.1) is 0 Å². The Kier molecular flexibility index (Phi) is 3.53. The zero-order valence-electron chi connectivity index (χ0n) is 8.30. The fourth-order valence-corrected chi connectivity index (χ4v) is 1.57. The lowest BCUT2D eigenvalue weighted by Crippen LogP contribution is -2.38. The van der Waals surface area contributed by atoms with E-state index in [4.69, 9.17) is 0 Å². The summed E-state index contributed by atoms with van der Waals surface area (Å²) >= 11 is 0. The molecule has 1 saturated heterocycles. The molecule has 0 radical (unpaired) electrons. The smallest absolute Gasteiger partial charge is 0.0403 e. The molecule has 3 heteroatoms. The summed E-state index contributed by atoms with van der Waals surface area (Å²) in [6, 6.07) is 0.682. The summed E-state index contributed by atoms with van der Waals surface area (Å²) in [4.78, 5) is 2.49. The fraction of sp³-hybridized carbons (Fsp3) is 0.889. The van der Waals surface area contributed by atoms with Crippen molar-refractivity contribution in [1.29, 1.82) is 0 Å². The van der Waals surface area contributed by atoms with Crippen LogP contribution in [-0.4, -0.2) is 36.8 Å². The predicted molar refractivity (Wildman–Crippen MR) is 52.4 cm³/mol. The van der Waals surface area contributed by atoms with Crippen LogP contribution in [0.2, 0.25) is 0 Å². The van der Waals surface area contributed by atoms with Crippen molar-refractivity contribution in [3.8, 4) is 0 Å². The Balaban J connectivity index is 2.34. The quantitative estimate of drug-likeness (QED) is 0.626. The van der Waals surface area contributed by atoms with Gasteiger partial charge in [0.2, 0.25) is 0 Å². The zero-order valence-corrected chi connectivity index (χ0v) is 8.30. The molecule has 0 aliphatic carbocycles. The van der Waals surface area contributed by atoms with Crippen LogP contribution in [0.1, 0.15) is 26.7 Å². The van der Waals surface area contributed by atoms with Gasteiger partial charge in [0, 0.05) is 44.7 Å². The van der Waals surface area contributed by atoms with E-state index in [0.29, 0.717) is 6.04 Å². The highest BCUT2D eigenvalue weighted by Crippen LogP contribution is 2.09. The van der Waals surface area contributed by atoms with Crippen LogP contribution in [-0.2, 0) is 0 Å². The zero-order chi connectivity index (χ0) is 8.97. The molecule has 0 aromatic heterocycles. The Labute approximate surface area is 74.8 Å². The molecule has 1 heterocycles. The van der Waals surface area contributed by atoms with Crippen LogP contribution < -0.4 is 5.43 Å². The summed E-state index contributed by atoms with van der Waals surface area (Å²) in [5.41, 5.74) is 4.17. The number of hydrogen-bond acceptors (Lipinski definition) is 3. The number of piperidine rings is 1. The summed E-state index contributed by atoms with van der Waals surface area (Å²) in [6.45, 7) is 6.83. The van der Waals surface area contributed by atoms with Crippen LogP contribution >= 0.6 is 0 Å². The largest absolute Gasteiger partial charge is 0.313 e. The van der Waals surface area contributed by atoms with Crippen molar-refractivity contribution in [2.24, 2.45) is 5.10 Å². The van der Waals surface area contributed by atoms with E-state index in [0.717, 1.165) is 25.9 Å². The van der Waals surface area contributed by atoms with Crippen molar-refractivity contribution in [2.75, 3.05) is 20.1 Å². The van der Waals surface area contributed by atoms with E-state index in [2.05, 4.69) is 29.3 Å². The van der Waals surface area contributed by atoms with E-state index < -0.39 is 0 Å². The van der Waals surface area contributed by atoms with Gasteiger partial charge in [0.25, 0.3) is 0 Å². The Morgan fingerprint density at radius 3 is 2.33 bits per heavy atom. The van der Waals surface area contributed by atoms with Crippen molar-refractivity contribution >= 4 is 5.71 Å². The maximum absolute atomic E-state index is 4.22. The second-order valence-electron chi connectivity index (χ2n) is 3.53. The van der Waals surface area contributed by atoms with E-state index >= 15 is 0 Å². The molecule has 0 amide bonds. The maximum Gasteiger partial charge on any atom is 0.0403 e. The van der Waals surface area contributed by atoms with Gasteiger partial charge in [-0.25, -0.2) is 0 Å². The average Bonchev–Trinajstić information content (AvgIpc) is 2.06. The number of hydrazone groups is 1. The van der Waals surface area contributed by atoms with Crippen molar-refractivity contribution in [3.63, 3.8) is 0 Å². The monoisotopic (exact) mass is 169 g/mol. The normalized spacial score (nSPS) is 19.8. The molecule has 0 aromatic rings. The van der Waals surface area contributed by atoms with Gasteiger partial charge in [0.15, 0.2) is 0 Å². The summed E-state index contributed by atoms with van der Waals surface area (Å²) < 4.78 is 0. The molecule has 0 unspecified atom stereocenters. The fourth-order valence-electron chi connectivity index (χ4n) is 1.57. The highest BCUT2D eigenvalue weighted by atomic mass is 15.3. The SMILES string of the molecule is CNN=C1CCN(C(C)C)CC1. The van der Waals surface area contributed by atoms with Crippen molar-refractivity contribution in [2.45, 2.75) is 32.7 Å². The highest BCUT2D eigenvalue weighted by molar-refractivity contribution is 5.85. The second-order valence-corrected chi connectivity index (χ2v) is 3.53. The van der Waals surface area contributed by atoms with Gasteiger partial charge < -0.3 is 10.3 Å². The molecule has 1 aliphatic heterocycles. The van der Waals surface area contributed by atoms with Gasteiger partial charge in [-0.3, -0.25) is 0 Å². The summed E-state index contributed by atoms with van der Waals surface area (Å²) in [6.07, 6.45) is 2.25. The van der Waals surface area contributed by atoms with Gasteiger partial charge in [0.1, 0.15) is 0 Å². The standard InChI is InChI=1S/C9H19N3/c1-8(2)12-6-4-9(5-7-12)11-10-3/h8,10H,4-7H2,1-3H3. The molecule has 1 aliphatic rings. The molecule has 0 saturated carbocycles. The van der Waals surface area contributed by atoms with Gasteiger partial charge in [-0.15, -0.1) is 0 Å². The molecule has 0 spiro atoms. The lowest BCUT2D eigenvalue weighted by atomic mass is 10.1. The first-order valence-electron chi connectivity index (χ1n) is 4.70. The van der Waals surface area contributed by atoms with Crippen molar-refractivity contribution in [1.82, 2.24) is 10.3 Å². The first-order valence-corrected chi connectivity index (χ1v) is 4.70. The molecule has 12 heavy (non-hydrogen) atoms. The number of nitrogens with zero attached hydrogens (tertiary/aromatic N) is 2. The Morgan fingerprint density at radius 1 is 1.33 bits per heavy atom. The number of rotatable bonds is 2. The lowest BCUT2D eigenvalue weighted by Gasteiger charge is -2.30. The summed E-state index contributed by atoms with van der Waals surface area (Å²) in [5, 5.41) is 4.22. The van der Waals surface area contributed by atoms with Crippen LogP contribution in [0.5, 0.6) is 0 Å². The average molecular weight is 169 g/mol. The van der Waals surface area contributed by atoms with Crippen LogP contribution in [0.25, 0.3) is 0 Å². The molecule has 0 aromatic carbocycles. The Bertz CT molecular complexity index is 153. The first kappa shape index (κ1) is 9.52. The van der Waals surface area contributed by atoms with E-state index in [-0.39, 0.29) is 0 Å².